The summed E-state index contributed by atoms with van der Waals surface area (Å²) in [5.74, 6) is 1.30. The molecule has 0 radical (unpaired) electrons. The van der Waals surface area contributed by atoms with Crippen molar-refractivity contribution in [3.63, 3.8) is 0 Å². The van der Waals surface area contributed by atoms with Crippen molar-refractivity contribution in [3.8, 4) is 0 Å². The Kier molecular flexibility index (Phi) is 3.46. The van der Waals surface area contributed by atoms with E-state index >= 15 is 0 Å². The van der Waals surface area contributed by atoms with Gasteiger partial charge in [-0.1, -0.05) is 0 Å². The van der Waals surface area contributed by atoms with Crippen LogP contribution in [-0.4, -0.2) is 50.9 Å². The minimum atomic E-state index is -0.390. The average Bonchev–Trinajstić information content (AvgIpc) is 3.18. The molecule has 1 atom stereocenters. The van der Waals surface area contributed by atoms with Gasteiger partial charge in [-0.25, -0.2) is 15.0 Å². The maximum atomic E-state index is 9.73. The molecule has 1 saturated heterocycles. The molecule has 0 amide bonds. The third-order valence-corrected chi connectivity index (χ3v) is 4.11. The second-order valence-corrected chi connectivity index (χ2v) is 5.91. The van der Waals surface area contributed by atoms with Gasteiger partial charge in [0.1, 0.15) is 11.2 Å². The Morgan fingerprint density at radius 3 is 2.92 bits per heavy atom. The number of nitrogens with two attached hydrogens (primary N) is 2. The maximum Gasteiger partial charge on any atom is 0.183 e. The summed E-state index contributed by atoms with van der Waals surface area (Å²) in [5.41, 5.74) is 13.5. The molecule has 0 aromatic carbocycles. The van der Waals surface area contributed by atoms with E-state index in [0.29, 0.717) is 54.1 Å². The Balaban J connectivity index is 1.76. The van der Waals surface area contributed by atoms with Gasteiger partial charge in [-0.2, -0.15) is 9.78 Å². The number of hydrogen-bond acceptors (Lipinski definition) is 9. The zero-order valence-corrected chi connectivity index (χ0v) is 13.3. The number of nitrogens with one attached hydrogen (secondary N) is 1. The third-order valence-electron chi connectivity index (χ3n) is 4.11. The number of nitrogen functional groups attached to an aromatic ring is 2. The Morgan fingerprint density at radius 1 is 1.32 bits per heavy atom. The zero-order valence-electron chi connectivity index (χ0n) is 13.3. The summed E-state index contributed by atoms with van der Waals surface area (Å²) in [5, 5.41) is 21.7. The molecule has 10 heteroatoms. The maximum absolute atomic E-state index is 9.73. The van der Waals surface area contributed by atoms with E-state index in [2.05, 4.69) is 20.1 Å². The number of fused-ring (bicyclic) bond motifs is 1. The zero-order chi connectivity index (χ0) is 17.6. The van der Waals surface area contributed by atoms with Gasteiger partial charge >= 0.3 is 0 Å². The van der Waals surface area contributed by atoms with Gasteiger partial charge in [0.05, 0.1) is 23.7 Å². The number of anilines is 3. The fourth-order valence-electron chi connectivity index (χ4n) is 2.88. The topological polar surface area (TPSA) is 155 Å². The first-order chi connectivity index (χ1) is 12.0. The van der Waals surface area contributed by atoms with Gasteiger partial charge in [-0.05, 0) is 12.5 Å². The summed E-state index contributed by atoms with van der Waals surface area (Å²) in [6.07, 6.45) is 3.31. The normalized spacial score (nSPS) is 20.4. The van der Waals surface area contributed by atoms with Crippen LogP contribution < -0.4 is 21.9 Å². The number of β-amino-alcohol motifs (C(OH)–C–C–N with tert-alkyl or cyclic N) is 1. The van der Waals surface area contributed by atoms with E-state index in [4.69, 9.17) is 16.9 Å². The summed E-state index contributed by atoms with van der Waals surface area (Å²) >= 11 is 0. The molecule has 6 N–H and O–H groups in total. The molecule has 1 unspecified atom stereocenters. The SMILES string of the molecule is N=c1ccnc2n1N=CC2=Nc1nc(N2CCC(O)C2)c(N)cc1N. The number of nitrogens with zero attached hydrogens (tertiary/aromatic N) is 6. The predicted octanol–water partition coefficient (Wildman–Crippen LogP) is -0.539. The van der Waals surface area contributed by atoms with Crippen molar-refractivity contribution in [2.75, 3.05) is 29.5 Å². The largest absolute Gasteiger partial charge is 0.396 e. The molecule has 0 bridgehead atoms. The Hall–Kier alpha value is -3.27. The lowest BCUT2D eigenvalue weighted by atomic mass is 10.3. The van der Waals surface area contributed by atoms with Gasteiger partial charge in [0.15, 0.2) is 17.5 Å². The third kappa shape index (κ3) is 2.62. The molecule has 2 aliphatic heterocycles. The van der Waals surface area contributed by atoms with Gasteiger partial charge in [0.2, 0.25) is 0 Å². The van der Waals surface area contributed by atoms with Crippen LogP contribution in [0.15, 0.2) is 28.4 Å². The van der Waals surface area contributed by atoms with Crippen LogP contribution in [0.5, 0.6) is 0 Å². The van der Waals surface area contributed by atoms with Crippen LogP contribution in [-0.2, 0) is 0 Å². The summed E-state index contributed by atoms with van der Waals surface area (Å²) in [4.78, 5) is 15.0. The number of hydrogen-bond donors (Lipinski definition) is 4. The molecule has 10 nitrogen and oxygen atoms in total. The second-order valence-electron chi connectivity index (χ2n) is 5.91. The Bertz CT molecular complexity index is 962. The molecule has 1 fully saturated rings. The van der Waals surface area contributed by atoms with Crippen LogP contribution >= 0.6 is 0 Å². The predicted molar refractivity (Wildman–Crippen MR) is 94.1 cm³/mol. The van der Waals surface area contributed by atoms with Crippen LogP contribution in [0.1, 0.15) is 12.2 Å². The molecular weight excluding hydrogens is 322 g/mol. The van der Waals surface area contributed by atoms with Crippen LogP contribution in [0.3, 0.4) is 0 Å². The van der Waals surface area contributed by atoms with Gasteiger partial charge in [0.25, 0.3) is 0 Å². The Labute approximate surface area is 142 Å². The van der Waals surface area contributed by atoms with Crippen molar-refractivity contribution in [1.82, 2.24) is 14.6 Å². The molecule has 25 heavy (non-hydrogen) atoms. The van der Waals surface area contributed by atoms with E-state index in [1.165, 1.54) is 23.2 Å². The quantitative estimate of drug-likeness (QED) is 0.576. The van der Waals surface area contributed by atoms with Gasteiger partial charge in [-0.15, -0.1) is 0 Å². The van der Waals surface area contributed by atoms with E-state index < -0.39 is 6.10 Å². The lowest BCUT2D eigenvalue weighted by Crippen LogP contribution is -2.23. The first-order valence-corrected chi connectivity index (χ1v) is 7.78. The lowest BCUT2D eigenvalue weighted by molar-refractivity contribution is 0.198. The first-order valence-electron chi connectivity index (χ1n) is 7.78. The number of aromatic nitrogens is 3. The Morgan fingerprint density at radius 2 is 2.16 bits per heavy atom. The minimum Gasteiger partial charge on any atom is -0.396 e. The number of pyridine rings is 1. The highest BCUT2D eigenvalue weighted by molar-refractivity contribution is 6.39. The monoisotopic (exact) mass is 339 g/mol. The average molecular weight is 339 g/mol. The van der Waals surface area contributed by atoms with Crippen LogP contribution in [0, 0.1) is 5.41 Å². The van der Waals surface area contributed by atoms with Crippen LogP contribution in [0.2, 0.25) is 0 Å². The van der Waals surface area contributed by atoms with Crippen molar-refractivity contribution in [1.29, 1.82) is 5.41 Å². The fraction of sp³-hybridized carbons (Fsp3) is 0.267. The summed E-state index contributed by atoms with van der Waals surface area (Å²) in [7, 11) is 0. The van der Waals surface area contributed by atoms with Crippen molar-refractivity contribution >= 4 is 34.9 Å². The molecule has 4 rings (SSSR count). The molecule has 2 aromatic heterocycles. The molecule has 0 aliphatic carbocycles. The lowest BCUT2D eigenvalue weighted by Gasteiger charge is -2.19. The van der Waals surface area contributed by atoms with Crippen LogP contribution in [0.4, 0.5) is 23.0 Å². The summed E-state index contributed by atoms with van der Waals surface area (Å²) in [6, 6.07) is 3.15. The first kappa shape index (κ1) is 15.3. The smallest absolute Gasteiger partial charge is 0.183 e. The minimum absolute atomic E-state index is 0.205. The van der Waals surface area contributed by atoms with Crippen LogP contribution in [0.25, 0.3) is 0 Å². The molecule has 128 valence electrons. The molecule has 2 aliphatic rings. The highest BCUT2D eigenvalue weighted by Gasteiger charge is 2.24. The number of aliphatic hydroxyl groups is 1. The second kappa shape index (κ2) is 5.67. The highest BCUT2D eigenvalue weighted by atomic mass is 16.3. The molecule has 4 heterocycles. The number of aliphatic imine (C=N–C) groups is 1. The van der Waals surface area contributed by atoms with Gasteiger partial charge in [0, 0.05) is 25.4 Å². The molecular formula is C15H17N9O. The molecule has 2 aromatic rings. The summed E-state index contributed by atoms with van der Waals surface area (Å²) < 4.78 is 1.38. The molecule has 0 spiro atoms. The standard InChI is InChI=1S/C15H17N9O/c16-9-5-10(17)14(23-4-2-8(25)7-23)22-13(9)21-11-6-20-24-12(18)1-3-19-15(11)24/h1,3,5-6,8,18,25H,2,4,7,16-17H2. The summed E-state index contributed by atoms with van der Waals surface area (Å²) in [6.45, 7) is 1.14. The number of rotatable bonds is 2. The number of aliphatic hydroxyl groups excluding tert-OH is 1. The van der Waals surface area contributed by atoms with Crippen molar-refractivity contribution in [2.45, 2.75) is 12.5 Å². The van der Waals surface area contributed by atoms with E-state index in [9.17, 15) is 5.11 Å². The van der Waals surface area contributed by atoms with Gasteiger partial charge in [-0.3, -0.25) is 5.41 Å². The fourth-order valence-corrected chi connectivity index (χ4v) is 2.88. The van der Waals surface area contributed by atoms with Crippen molar-refractivity contribution < 1.29 is 5.11 Å². The van der Waals surface area contributed by atoms with Crippen molar-refractivity contribution in [3.05, 3.63) is 29.6 Å². The molecule has 0 saturated carbocycles. The van der Waals surface area contributed by atoms with E-state index in [0.717, 1.165) is 0 Å². The van der Waals surface area contributed by atoms with E-state index in [1.807, 2.05) is 4.90 Å². The highest BCUT2D eigenvalue weighted by Crippen LogP contribution is 2.32. The van der Waals surface area contributed by atoms with Gasteiger partial charge < -0.3 is 21.5 Å². The van der Waals surface area contributed by atoms with Crippen molar-refractivity contribution in [2.24, 2.45) is 10.1 Å². The van der Waals surface area contributed by atoms with E-state index in [1.54, 1.807) is 6.07 Å². The van der Waals surface area contributed by atoms with E-state index in [-0.39, 0.29) is 5.49 Å².